The molecule has 3 rings (SSSR count). The molecule has 1 aliphatic rings. The van der Waals surface area contributed by atoms with E-state index >= 15 is 0 Å². The van der Waals surface area contributed by atoms with Gasteiger partial charge in [-0.1, -0.05) is 12.1 Å². The van der Waals surface area contributed by atoms with Crippen LogP contribution in [0.3, 0.4) is 0 Å². The molecule has 0 radical (unpaired) electrons. The molecule has 2 aromatic rings. The summed E-state index contributed by atoms with van der Waals surface area (Å²) in [5.74, 6) is -1.53. The first-order valence-corrected chi connectivity index (χ1v) is 10.2. The Morgan fingerprint density at radius 2 is 1.83 bits per heavy atom. The van der Waals surface area contributed by atoms with E-state index in [1.165, 1.54) is 11.3 Å². The molecule has 29 heavy (non-hydrogen) atoms. The zero-order valence-electron chi connectivity index (χ0n) is 16.4. The predicted octanol–water partition coefficient (Wildman–Crippen LogP) is 3.36. The van der Waals surface area contributed by atoms with Crippen LogP contribution < -0.4 is 5.32 Å². The molecule has 1 heterocycles. The molecule has 0 aliphatic heterocycles. The summed E-state index contributed by atoms with van der Waals surface area (Å²) in [5, 5.41) is 3.15. The van der Waals surface area contributed by atoms with Gasteiger partial charge in [0.25, 0.3) is 5.91 Å². The lowest BCUT2D eigenvalue weighted by Crippen LogP contribution is -2.22. The van der Waals surface area contributed by atoms with E-state index in [0.29, 0.717) is 22.7 Å². The highest BCUT2D eigenvalue weighted by Gasteiger charge is 2.28. The number of aryl methyl sites for hydroxylation is 1. The van der Waals surface area contributed by atoms with Crippen molar-refractivity contribution in [2.45, 2.75) is 32.8 Å². The lowest BCUT2D eigenvalue weighted by Gasteiger charge is -2.09. The summed E-state index contributed by atoms with van der Waals surface area (Å²) in [4.78, 5) is 37.9. The highest BCUT2D eigenvalue weighted by molar-refractivity contribution is 7.17. The molecule has 1 aromatic carbocycles. The highest BCUT2D eigenvalue weighted by atomic mass is 32.1. The van der Waals surface area contributed by atoms with Crippen LogP contribution in [0.1, 0.15) is 50.1 Å². The number of esters is 2. The zero-order chi connectivity index (χ0) is 20.8. The second kappa shape index (κ2) is 9.67. The Labute approximate surface area is 173 Å². The van der Waals surface area contributed by atoms with E-state index in [1.54, 1.807) is 38.3 Å². The Kier molecular flexibility index (Phi) is 7.00. The Morgan fingerprint density at radius 1 is 1.07 bits per heavy atom. The summed E-state index contributed by atoms with van der Waals surface area (Å²) in [7, 11) is 1.59. The van der Waals surface area contributed by atoms with Gasteiger partial charge >= 0.3 is 11.9 Å². The van der Waals surface area contributed by atoms with E-state index in [1.807, 2.05) is 0 Å². The normalized spacial score (nSPS) is 12.3. The maximum atomic E-state index is 12.3. The maximum absolute atomic E-state index is 12.3. The minimum absolute atomic E-state index is 0.262. The molecule has 0 saturated heterocycles. The third kappa shape index (κ3) is 5.02. The Balaban J connectivity index is 1.61. The Hall–Kier alpha value is -2.71. The van der Waals surface area contributed by atoms with Crippen molar-refractivity contribution in [1.29, 1.82) is 0 Å². The van der Waals surface area contributed by atoms with Crippen LogP contribution in [0.2, 0.25) is 0 Å². The van der Waals surface area contributed by atoms with E-state index in [2.05, 4.69) is 5.32 Å². The summed E-state index contributed by atoms with van der Waals surface area (Å²) in [6.45, 7) is 2.01. The number of methoxy groups -OCH3 is 1. The number of ether oxygens (including phenoxy) is 3. The van der Waals surface area contributed by atoms with Crippen LogP contribution in [-0.4, -0.2) is 38.2 Å². The first kappa shape index (κ1) is 21.0. The fourth-order valence-corrected chi connectivity index (χ4v) is 4.49. The highest BCUT2D eigenvalue weighted by Crippen LogP contribution is 2.39. The molecule has 1 aromatic heterocycles. The number of amides is 1. The van der Waals surface area contributed by atoms with Gasteiger partial charge in [0.1, 0.15) is 5.00 Å². The van der Waals surface area contributed by atoms with Crippen LogP contribution in [0.5, 0.6) is 0 Å². The van der Waals surface area contributed by atoms with Crippen LogP contribution in [0, 0.1) is 0 Å². The first-order chi connectivity index (χ1) is 14.0. The number of rotatable bonds is 8. The van der Waals surface area contributed by atoms with Crippen LogP contribution in [0.15, 0.2) is 24.3 Å². The van der Waals surface area contributed by atoms with E-state index in [9.17, 15) is 14.4 Å². The smallest absolute Gasteiger partial charge is 0.341 e. The number of anilines is 1. The van der Waals surface area contributed by atoms with Gasteiger partial charge in [-0.15, -0.1) is 11.3 Å². The average Bonchev–Trinajstić information content (AvgIpc) is 3.28. The summed E-state index contributed by atoms with van der Waals surface area (Å²) < 4.78 is 15.3. The predicted molar refractivity (Wildman–Crippen MR) is 108 cm³/mol. The third-order valence-corrected chi connectivity index (χ3v) is 5.70. The molecule has 7 nitrogen and oxygen atoms in total. The Morgan fingerprint density at radius 3 is 2.52 bits per heavy atom. The zero-order valence-corrected chi connectivity index (χ0v) is 17.2. The van der Waals surface area contributed by atoms with Gasteiger partial charge < -0.3 is 19.5 Å². The number of hydrogen-bond donors (Lipinski definition) is 1. The molecule has 1 amide bonds. The fraction of sp³-hybridized carbons (Fsp3) is 0.381. The standard InChI is InChI=1S/C21H23NO6S/c1-3-27-21(25)18-15-5-4-6-16(15)29-19(18)22-17(23)12-28-20(24)14-9-7-13(8-10-14)11-26-2/h7-10H,3-6,11-12H2,1-2H3,(H,22,23). The molecule has 0 spiro atoms. The number of carbonyl (C=O) groups excluding carboxylic acids is 3. The Bertz CT molecular complexity index is 903. The van der Waals surface area contributed by atoms with E-state index in [4.69, 9.17) is 14.2 Å². The van der Waals surface area contributed by atoms with E-state index in [-0.39, 0.29) is 6.61 Å². The lowest BCUT2D eigenvalue weighted by atomic mass is 10.1. The van der Waals surface area contributed by atoms with Gasteiger partial charge in [0.2, 0.25) is 0 Å². The van der Waals surface area contributed by atoms with E-state index in [0.717, 1.165) is 35.3 Å². The summed E-state index contributed by atoms with van der Waals surface area (Å²) >= 11 is 1.38. The van der Waals surface area contributed by atoms with Gasteiger partial charge in [-0.3, -0.25) is 4.79 Å². The van der Waals surface area contributed by atoms with Gasteiger partial charge in [0, 0.05) is 12.0 Å². The van der Waals surface area contributed by atoms with Crippen molar-refractivity contribution < 1.29 is 28.6 Å². The number of hydrogen-bond acceptors (Lipinski definition) is 7. The molecule has 0 unspecified atom stereocenters. The van der Waals surface area contributed by atoms with Crippen molar-refractivity contribution in [1.82, 2.24) is 0 Å². The third-order valence-electron chi connectivity index (χ3n) is 4.49. The number of benzene rings is 1. The summed E-state index contributed by atoms with van der Waals surface area (Å²) in [5.41, 5.74) is 2.66. The molecule has 154 valence electrons. The van der Waals surface area contributed by atoms with Gasteiger partial charge in [-0.05, 0) is 49.4 Å². The van der Waals surface area contributed by atoms with Crippen LogP contribution in [0.4, 0.5) is 5.00 Å². The molecular weight excluding hydrogens is 394 g/mol. The fourth-order valence-electron chi connectivity index (χ4n) is 3.19. The van der Waals surface area contributed by atoms with Gasteiger partial charge in [-0.25, -0.2) is 9.59 Å². The van der Waals surface area contributed by atoms with Crippen molar-refractivity contribution in [2.24, 2.45) is 0 Å². The second-order valence-corrected chi connectivity index (χ2v) is 7.64. The lowest BCUT2D eigenvalue weighted by molar-refractivity contribution is -0.119. The van der Waals surface area contributed by atoms with Crippen LogP contribution in [-0.2, 0) is 38.5 Å². The van der Waals surface area contributed by atoms with Gasteiger partial charge in [-0.2, -0.15) is 0 Å². The summed E-state index contributed by atoms with van der Waals surface area (Å²) in [6, 6.07) is 6.77. The first-order valence-electron chi connectivity index (χ1n) is 9.40. The maximum Gasteiger partial charge on any atom is 0.341 e. The van der Waals surface area contributed by atoms with Crippen molar-refractivity contribution in [2.75, 3.05) is 25.6 Å². The van der Waals surface area contributed by atoms with Crippen molar-refractivity contribution in [3.05, 3.63) is 51.4 Å². The van der Waals surface area contributed by atoms with Gasteiger partial charge in [0.15, 0.2) is 6.61 Å². The number of nitrogens with one attached hydrogen (secondary N) is 1. The molecule has 1 aliphatic carbocycles. The minimum Gasteiger partial charge on any atom is -0.462 e. The molecule has 0 fully saturated rings. The molecule has 0 atom stereocenters. The molecule has 8 heteroatoms. The second-order valence-electron chi connectivity index (χ2n) is 6.54. The largest absolute Gasteiger partial charge is 0.462 e. The number of thiophene rings is 1. The molecule has 0 bridgehead atoms. The topological polar surface area (TPSA) is 90.9 Å². The van der Waals surface area contributed by atoms with Crippen molar-refractivity contribution in [3.63, 3.8) is 0 Å². The van der Waals surface area contributed by atoms with Crippen LogP contribution >= 0.6 is 11.3 Å². The average molecular weight is 417 g/mol. The van der Waals surface area contributed by atoms with Crippen molar-refractivity contribution in [3.8, 4) is 0 Å². The van der Waals surface area contributed by atoms with Gasteiger partial charge in [0.05, 0.1) is 24.3 Å². The van der Waals surface area contributed by atoms with Crippen LogP contribution in [0.25, 0.3) is 0 Å². The van der Waals surface area contributed by atoms with Crippen molar-refractivity contribution >= 4 is 34.2 Å². The quantitative estimate of drug-likeness (QED) is 0.663. The molecule has 1 N–H and O–H groups in total. The number of carbonyl (C=O) groups is 3. The number of fused-ring (bicyclic) bond motifs is 1. The summed E-state index contributed by atoms with van der Waals surface area (Å²) in [6.07, 6.45) is 2.67. The molecule has 0 saturated carbocycles. The molecular formula is C21H23NO6S. The van der Waals surface area contributed by atoms with E-state index < -0.39 is 24.5 Å². The SMILES string of the molecule is CCOC(=O)c1c(NC(=O)COC(=O)c2ccc(COC)cc2)sc2c1CCC2. The minimum atomic E-state index is -0.594. The monoisotopic (exact) mass is 417 g/mol.